The highest BCUT2D eigenvalue weighted by Crippen LogP contribution is 2.31. The topological polar surface area (TPSA) is 75.0 Å². The molecule has 3 rings (SSSR count). The molecule has 0 atom stereocenters. The molecule has 0 saturated heterocycles. The molecule has 1 amide bonds. The third kappa shape index (κ3) is 3.69. The molecule has 130 valence electrons. The van der Waals surface area contributed by atoms with E-state index in [1.807, 2.05) is 30.5 Å². The maximum atomic E-state index is 12.5. The smallest absolute Gasteiger partial charge is 0.266 e. The number of aromatic nitrogens is 1. The van der Waals surface area contributed by atoms with Crippen molar-refractivity contribution in [2.24, 2.45) is 0 Å². The average molecular weight is 384 g/mol. The number of anilines is 1. The van der Waals surface area contributed by atoms with E-state index in [-0.39, 0.29) is 5.57 Å². The van der Waals surface area contributed by atoms with E-state index < -0.39 is 5.91 Å². The van der Waals surface area contributed by atoms with E-state index in [2.05, 4.69) is 10.3 Å². The van der Waals surface area contributed by atoms with Crippen LogP contribution in [0.4, 0.5) is 5.69 Å². The number of fused-ring (bicyclic) bond motifs is 1. The summed E-state index contributed by atoms with van der Waals surface area (Å²) in [5.74, 6) is -0.105. The van der Waals surface area contributed by atoms with E-state index in [0.717, 1.165) is 15.8 Å². The standard InChI is InChI=1S/C19H14ClN3O2S/c1-11-5-16(17(25-2)8-14(11)20)23-19(24)13(9-21)6-12-7-18-15(22-10-12)3-4-26-18/h3-8,10H,1-2H3,(H,23,24)/b13-6+. The minimum absolute atomic E-state index is 0.0302. The van der Waals surface area contributed by atoms with Crippen molar-refractivity contribution in [3.8, 4) is 11.8 Å². The molecule has 0 fully saturated rings. The van der Waals surface area contributed by atoms with E-state index in [9.17, 15) is 10.1 Å². The summed E-state index contributed by atoms with van der Waals surface area (Å²) in [7, 11) is 1.49. The third-order valence-electron chi connectivity index (χ3n) is 3.73. The summed E-state index contributed by atoms with van der Waals surface area (Å²) in [6.45, 7) is 1.82. The van der Waals surface area contributed by atoms with Gasteiger partial charge in [-0.15, -0.1) is 11.3 Å². The second kappa shape index (κ2) is 7.56. The number of carbonyl (C=O) groups is 1. The zero-order valence-corrected chi connectivity index (χ0v) is 15.6. The average Bonchev–Trinajstić information content (AvgIpc) is 3.10. The quantitative estimate of drug-likeness (QED) is 0.518. The Morgan fingerprint density at radius 3 is 2.96 bits per heavy atom. The molecule has 1 aromatic carbocycles. The summed E-state index contributed by atoms with van der Waals surface area (Å²) >= 11 is 7.63. The number of carbonyl (C=O) groups excluding carboxylic acids is 1. The van der Waals surface area contributed by atoms with Crippen molar-refractivity contribution < 1.29 is 9.53 Å². The zero-order chi connectivity index (χ0) is 18.7. The van der Waals surface area contributed by atoms with Crippen molar-refractivity contribution in [1.82, 2.24) is 4.98 Å². The second-order valence-corrected chi connectivity index (χ2v) is 6.85. The summed E-state index contributed by atoms with van der Waals surface area (Å²) in [4.78, 5) is 16.8. The van der Waals surface area contributed by atoms with Gasteiger partial charge in [-0.2, -0.15) is 5.26 Å². The molecule has 0 bridgehead atoms. The van der Waals surface area contributed by atoms with E-state index in [4.69, 9.17) is 16.3 Å². The molecule has 0 radical (unpaired) electrons. The Kier molecular flexibility index (Phi) is 5.21. The number of ether oxygens (including phenoxy) is 1. The summed E-state index contributed by atoms with van der Waals surface area (Å²) in [5, 5.41) is 14.6. The number of nitrogens with one attached hydrogen (secondary N) is 1. The van der Waals surface area contributed by atoms with Gasteiger partial charge in [0, 0.05) is 17.3 Å². The molecular formula is C19H14ClN3O2S. The number of rotatable bonds is 4. The number of aryl methyl sites for hydroxylation is 1. The Labute approximate surface area is 159 Å². The highest BCUT2D eigenvalue weighted by Gasteiger charge is 2.14. The fourth-order valence-electron chi connectivity index (χ4n) is 2.38. The number of methoxy groups -OCH3 is 1. The number of thiophene rings is 1. The molecule has 3 aromatic rings. The number of halogens is 1. The van der Waals surface area contributed by atoms with Crippen LogP contribution in [0.5, 0.6) is 5.75 Å². The Balaban J connectivity index is 1.90. The van der Waals surface area contributed by atoms with Crippen molar-refractivity contribution in [2.45, 2.75) is 6.92 Å². The number of benzene rings is 1. The van der Waals surface area contributed by atoms with Crippen LogP contribution in [0, 0.1) is 18.3 Å². The molecule has 26 heavy (non-hydrogen) atoms. The van der Waals surface area contributed by atoms with E-state index in [0.29, 0.717) is 22.0 Å². The van der Waals surface area contributed by atoms with Gasteiger partial charge in [-0.1, -0.05) is 11.6 Å². The van der Waals surface area contributed by atoms with E-state index >= 15 is 0 Å². The molecule has 0 aliphatic heterocycles. The third-order valence-corrected chi connectivity index (χ3v) is 4.99. The molecule has 0 saturated carbocycles. The number of hydrogen-bond acceptors (Lipinski definition) is 5. The van der Waals surface area contributed by atoms with Crippen LogP contribution in [0.3, 0.4) is 0 Å². The number of nitriles is 1. The summed E-state index contributed by atoms with van der Waals surface area (Å²) in [6.07, 6.45) is 3.14. The minimum Gasteiger partial charge on any atom is -0.495 e. The van der Waals surface area contributed by atoms with Crippen molar-refractivity contribution >= 4 is 50.8 Å². The van der Waals surface area contributed by atoms with Crippen LogP contribution >= 0.6 is 22.9 Å². The van der Waals surface area contributed by atoms with Gasteiger partial charge in [-0.05, 0) is 47.7 Å². The van der Waals surface area contributed by atoms with E-state index in [1.165, 1.54) is 13.2 Å². The van der Waals surface area contributed by atoms with Crippen LogP contribution in [0.1, 0.15) is 11.1 Å². The first-order chi connectivity index (χ1) is 12.5. The first kappa shape index (κ1) is 17.9. The van der Waals surface area contributed by atoms with Gasteiger partial charge in [0.2, 0.25) is 0 Å². The zero-order valence-electron chi connectivity index (χ0n) is 14.0. The fraction of sp³-hybridized carbons (Fsp3) is 0.105. The van der Waals surface area contributed by atoms with Gasteiger partial charge >= 0.3 is 0 Å². The molecule has 0 unspecified atom stereocenters. The molecule has 2 aromatic heterocycles. The maximum Gasteiger partial charge on any atom is 0.266 e. The number of hydrogen-bond donors (Lipinski definition) is 1. The summed E-state index contributed by atoms with van der Waals surface area (Å²) in [6, 6.07) is 9.07. The number of nitrogens with zero attached hydrogens (tertiary/aromatic N) is 2. The van der Waals surface area contributed by atoms with Gasteiger partial charge in [0.25, 0.3) is 5.91 Å². The predicted molar refractivity (Wildman–Crippen MR) is 105 cm³/mol. The van der Waals surface area contributed by atoms with Crippen LogP contribution in [-0.2, 0) is 4.79 Å². The SMILES string of the molecule is COc1cc(Cl)c(C)cc1NC(=O)/C(C#N)=C/c1cnc2ccsc2c1. The van der Waals surface area contributed by atoms with Gasteiger partial charge < -0.3 is 10.1 Å². The minimum atomic E-state index is -0.529. The fourth-order valence-corrected chi connectivity index (χ4v) is 3.32. The molecule has 0 aliphatic carbocycles. The summed E-state index contributed by atoms with van der Waals surface area (Å²) < 4.78 is 6.23. The normalized spacial score (nSPS) is 11.2. The largest absolute Gasteiger partial charge is 0.495 e. The number of amides is 1. The van der Waals surface area contributed by atoms with Gasteiger partial charge in [-0.25, -0.2) is 0 Å². The lowest BCUT2D eigenvalue weighted by atomic mass is 10.1. The van der Waals surface area contributed by atoms with Gasteiger partial charge in [-0.3, -0.25) is 9.78 Å². The lowest BCUT2D eigenvalue weighted by Crippen LogP contribution is -2.14. The Morgan fingerprint density at radius 2 is 2.23 bits per heavy atom. The molecule has 1 N–H and O–H groups in total. The lowest BCUT2D eigenvalue weighted by Gasteiger charge is -2.12. The predicted octanol–water partition coefficient (Wildman–Crippen LogP) is 4.81. The van der Waals surface area contributed by atoms with Crippen molar-refractivity contribution in [2.75, 3.05) is 12.4 Å². The van der Waals surface area contributed by atoms with Crippen molar-refractivity contribution in [3.63, 3.8) is 0 Å². The molecule has 0 aliphatic rings. The highest BCUT2D eigenvalue weighted by molar-refractivity contribution is 7.17. The molecule has 7 heteroatoms. The van der Waals surface area contributed by atoms with Crippen LogP contribution < -0.4 is 10.1 Å². The van der Waals surface area contributed by atoms with E-state index in [1.54, 1.807) is 29.7 Å². The van der Waals surface area contributed by atoms with Crippen LogP contribution in [0.15, 0.2) is 41.4 Å². The Morgan fingerprint density at radius 1 is 1.42 bits per heavy atom. The van der Waals surface area contributed by atoms with Gasteiger partial charge in [0.1, 0.15) is 17.4 Å². The van der Waals surface area contributed by atoms with Crippen LogP contribution in [-0.4, -0.2) is 18.0 Å². The molecule has 0 spiro atoms. The first-order valence-corrected chi connectivity index (χ1v) is 8.88. The van der Waals surface area contributed by atoms with Crippen molar-refractivity contribution in [3.05, 3.63) is 57.6 Å². The van der Waals surface area contributed by atoms with Gasteiger partial charge in [0.05, 0.1) is 23.0 Å². The second-order valence-electron chi connectivity index (χ2n) is 5.50. The molecular weight excluding hydrogens is 370 g/mol. The molecule has 5 nitrogen and oxygen atoms in total. The molecule has 2 heterocycles. The first-order valence-electron chi connectivity index (χ1n) is 7.62. The van der Waals surface area contributed by atoms with Gasteiger partial charge in [0.15, 0.2) is 0 Å². The van der Waals surface area contributed by atoms with Crippen LogP contribution in [0.2, 0.25) is 5.02 Å². The van der Waals surface area contributed by atoms with Crippen molar-refractivity contribution in [1.29, 1.82) is 5.26 Å². The monoisotopic (exact) mass is 383 g/mol. The van der Waals surface area contributed by atoms with Crippen LogP contribution in [0.25, 0.3) is 16.3 Å². The lowest BCUT2D eigenvalue weighted by molar-refractivity contribution is -0.112. The highest BCUT2D eigenvalue weighted by atomic mass is 35.5. The summed E-state index contributed by atoms with van der Waals surface area (Å²) in [5.41, 5.74) is 2.78. The Bertz CT molecular complexity index is 1070. The number of pyridine rings is 1. The maximum absolute atomic E-state index is 12.5. The Hall–Kier alpha value is -2.88.